The van der Waals surface area contributed by atoms with Crippen LogP contribution < -0.4 is 0 Å². The minimum atomic E-state index is -1.82. The quantitative estimate of drug-likeness (QED) is 0.452. The summed E-state index contributed by atoms with van der Waals surface area (Å²) in [7, 11) is 0. The molecular weight excluding hydrogens is 212 g/mol. The molecule has 0 radical (unpaired) electrons. The van der Waals surface area contributed by atoms with Crippen molar-refractivity contribution in [2.45, 2.75) is 0 Å². The first-order valence-electron chi connectivity index (χ1n) is 1.11. The van der Waals surface area contributed by atoms with E-state index in [1.807, 2.05) is 0 Å². The largest absolute Gasteiger partial charge is 0.693 e. The summed E-state index contributed by atoms with van der Waals surface area (Å²) >= 11 is 0. The van der Waals surface area contributed by atoms with Gasteiger partial charge >= 0.3 is 11.9 Å². The number of aliphatic carboxylic acids is 2. The molecule has 0 heterocycles. The van der Waals surface area contributed by atoms with Crippen molar-refractivity contribution in [1.82, 2.24) is 0 Å². The Kier molecular flexibility index (Phi) is 51.2. The summed E-state index contributed by atoms with van der Waals surface area (Å²) in [6.45, 7) is 0. The SMILES string of the molecule is O=C(O)C(=O)O.[NH2-].[NH2-].[Ti].[Ti]. The molecule has 0 amide bonds. The average molecular weight is 218 g/mol. The maximum atomic E-state index is 9.10. The molecule has 0 saturated carbocycles. The Bertz CT molecular complexity index is 85.3. The van der Waals surface area contributed by atoms with Gasteiger partial charge in [-0.1, -0.05) is 0 Å². The van der Waals surface area contributed by atoms with Gasteiger partial charge in [0.2, 0.25) is 0 Å². The van der Waals surface area contributed by atoms with Gasteiger partial charge in [-0.2, -0.15) is 0 Å². The zero-order chi connectivity index (χ0) is 5.15. The van der Waals surface area contributed by atoms with E-state index in [0.717, 1.165) is 0 Å². The third kappa shape index (κ3) is 23.9. The fourth-order valence-corrected chi connectivity index (χ4v) is 0. The second-order valence-electron chi connectivity index (χ2n) is 0.610. The molecule has 0 saturated heterocycles. The Morgan fingerprint density at radius 3 is 0.900 bits per heavy atom. The molecule has 0 aliphatic carbocycles. The predicted octanol–water partition coefficient (Wildman–Crippen LogP) is 0.585. The van der Waals surface area contributed by atoms with Gasteiger partial charge in [0.1, 0.15) is 0 Å². The Hall–Kier alpha value is 0.289. The van der Waals surface area contributed by atoms with Crippen molar-refractivity contribution in [3.63, 3.8) is 0 Å². The zero-order valence-corrected chi connectivity index (χ0v) is 7.99. The average Bonchev–Trinajstić information content (AvgIpc) is 1.36. The van der Waals surface area contributed by atoms with Crippen LogP contribution in [0.5, 0.6) is 0 Å². The summed E-state index contributed by atoms with van der Waals surface area (Å²) in [5.74, 6) is -3.65. The Morgan fingerprint density at radius 2 is 0.900 bits per heavy atom. The molecule has 0 unspecified atom stereocenters. The number of carboxylic acids is 2. The van der Waals surface area contributed by atoms with Crippen molar-refractivity contribution in [3.8, 4) is 0 Å². The normalized spacial score (nSPS) is 4.40. The molecule has 0 spiro atoms. The fraction of sp³-hybridized carbons (Fsp3) is 0. The van der Waals surface area contributed by atoms with Crippen LogP contribution in [0, 0.1) is 0 Å². The number of rotatable bonds is 0. The van der Waals surface area contributed by atoms with Gasteiger partial charge in [-0.05, 0) is 0 Å². The molecule has 0 aromatic carbocycles. The minimum absolute atomic E-state index is 0. The topological polar surface area (TPSA) is 142 Å². The van der Waals surface area contributed by atoms with E-state index in [-0.39, 0.29) is 55.7 Å². The maximum absolute atomic E-state index is 9.10. The molecule has 8 heteroatoms. The Balaban J connectivity index is -0.0000000208. The van der Waals surface area contributed by atoms with Gasteiger partial charge in [-0.15, -0.1) is 0 Å². The maximum Gasteiger partial charge on any atom is 0.414 e. The van der Waals surface area contributed by atoms with E-state index in [2.05, 4.69) is 0 Å². The molecular formula is C2H6N2O4Ti2-2. The minimum Gasteiger partial charge on any atom is -0.693 e. The first kappa shape index (κ1) is 31.7. The van der Waals surface area contributed by atoms with E-state index in [0.29, 0.717) is 0 Å². The molecule has 6 N–H and O–H groups in total. The van der Waals surface area contributed by atoms with Crippen LogP contribution in [0.15, 0.2) is 0 Å². The molecule has 0 atom stereocenters. The first-order chi connectivity index (χ1) is 2.64. The Labute approximate surface area is 87.3 Å². The van der Waals surface area contributed by atoms with Crippen LogP contribution >= 0.6 is 0 Å². The first-order valence-corrected chi connectivity index (χ1v) is 1.11. The van der Waals surface area contributed by atoms with Gasteiger partial charge in [0, 0.05) is 43.4 Å². The van der Waals surface area contributed by atoms with E-state index >= 15 is 0 Å². The van der Waals surface area contributed by atoms with E-state index in [1.54, 1.807) is 0 Å². The van der Waals surface area contributed by atoms with Gasteiger partial charge < -0.3 is 22.5 Å². The summed E-state index contributed by atoms with van der Waals surface area (Å²) in [4.78, 5) is 18.2. The van der Waals surface area contributed by atoms with Gasteiger partial charge in [0.05, 0.1) is 0 Å². The number of hydrogen-bond donors (Lipinski definition) is 2. The van der Waals surface area contributed by atoms with Crippen LogP contribution in [-0.2, 0) is 53.0 Å². The van der Waals surface area contributed by atoms with E-state index in [4.69, 9.17) is 19.8 Å². The monoisotopic (exact) mass is 218 g/mol. The van der Waals surface area contributed by atoms with Crippen LogP contribution in [0.3, 0.4) is 0 Å². The molecule has 0 fully saturated rings. The van der Waals surface area contributed by atoms with Crippen LogP contribution in [-0.4, -0.2) is 22.2 Å². The van der Waals surface area contributed by atoms with Crippen LogP contribution in [0.4, 0.5) is 0 Å². The number of nitrogens with two attached hydrogens (primary N) is 2. The third-order valence-electron chi connectivity index (χ3n) is 0.183. The summed E-state index contributed by atoms with van der Waals surface area (Å²) < 4.78 is 0. The molecule has 0 aromatic heterocycles. The summed E-state index contributed by atoms with van der Waals surface area (Å²) in [6, 6.07) is 0. The smallest absolute Gasteiger partial charge is 0.414 e. The molecule has 0 aliphatic heterocycles. The standard InChI is InChI=1S/C2H2O4.2H2N.2Ti/c3-1(4)2(5)6;;;;/h(H,3,4)(H,5,6);2*1H2;;/q;2*-1;;. The van der Waals surface area contributed by atoms with Crippen molar-refractivity contribution < 1.29 is 63.2 Å². The summed E-state index contributed by atoms with van der Waals surface area (Å²) in [5, 5.41) is 14.8. The van der Waals surface area contributed by atoms with Gasteiger partial charge in [-0.25, -0.2) is 9.59 Å². The van der Waals surface area contributed by atoms with Crippen molar-refractivity contribution >= 4 is 11.9 Å². The van der Waals surface area contributed by atoms with Crippen LogP contribution in [0.1, 0.15) is 0 Å². The van der Waals surface area contributed by atoms with Gasteiger partial charge in [0.15, 0.2) is 0 Å². The molecule has 0 rings (SSSR count). The van der Waals surface area contributed by atoms with Gasteiger partial charge in [-0.3, -0.25) is 0 Å². The second kappa shape index (κ2) is 16.1. The molecule has 6 nitrogen and oxygen atoms in total. The van der Waals surface area contributed by atoms with E-state index in [9.17, 15) is 0 Å². The third-order valence-corrected chi connectivity index (χ3v) is 0.183. The van der Waals surface area contributed by atoms with Crippen molar-refractivity contribution in [3.05, 3.63) is 12.3 Å². The molecule has 0 aromatic rings. The fourth-order valence-electron chi connectivity index (χ4n) is 0. The molecule has 58 valence electrons. The van der Waals surface area contributed by atoms with E-state index < -0.39 is 11.9 Å². The molecule has 0 bridgehead atoms. The Morgan fingerprint density at radius 1 is 0.800 bits per heavy atom. The number of carboxylic acid groups (broad SMARTS) is 2. The van der Waals surface area contributed by atoms with Crippen molar-refractivity contribution in [2.75, 3.05) is 0 Å². The van der Waals surface area contributed by atoms with E-state index in [1.165, 1.54) is 0 Å². The van der Waals surface area contributed by atoms with Crippen LogP contribution in [0.2, 0.25) is 0 Å². The van der Waals surface area contributed by atoms with Crippen LogP contribution in [0.25, 0.3) is 12.3 Å². The molecule has 10 heavy (non-hydrogen) atoms. The second-order valence-corrected chi connectivity index (χ2v) is 0.610. The molecule has 0 aliphatic rings. The van der Waals surface area contributed by atoms with Crippen molar-refractivity contribution in [2.24, 2.45) is 0 Å². The van der Waals surface area contributed by atoms with Gasteiger partial charge in [0.25, 0.3) is 0 Å². The zero-order valence-electron chi connectivity index (χ0n) is 4.87. The predicted molar refractivity (Wildman–Crippen MR) is 25.8 cm³/mol. The summed E-state index contributed by atoms with van der Waals surface area (Å²) in [5.41, 5.74) is 0. The number of hydrogen-bond acceptors (Lipinski definition) is 2. The van der Waals surface area contributed by atoms with Crippen molar-refractivity contribution in [1.29, 1.82) is 0 Å². The number of carbonyl (C=O) groups is 2. The summed E-state index contributed by atoms with van der Waals surface area (Å²) in [6.07, 6.45) is 0.